The van der Waals surface area contributed by atoms with Crippen molar-refractivity contribution in [1.29, 1.82) is 0 Å². The number of nitrogens with one attached hydrogen (secondary N) is 1. The molecule has 4 rings (SSSR count). The zero-order valence-corrected chi connectivity index (χ0v) is 24.2. The fourth-order valence-corrected chi connectivity index (χ4v) is 5.74. The second-order valence-electron chi connectivity index (χ2n) is 12.8. The molecule has 0 bridgehead atoms. The smallest absolute Gasteiger partial charge is 0.410 e. The first-order valence-electron chi connectivity index (χ1n) is 13.8. The number of rotatable bonds is 5. The predicted molar refractivity (Wildman–Crippen MR) is 148 cm³/mol. The first kappa shape index (κ1) is 29.3. The highest BCUT2D eigenvalue weighted by atomic mass is 16.6. The van der Waals surface area contributed by atoms with Crippen LogP contribution in [0.4, 0.5) is 10.5 Å². The van der Waals surface area contributed by atoms with Crippen LogP contribution in [0.5, 0.6) is 0 Å². The van der Waals surface area contributed by atoms with Crippen molar-refractivity contribution in [2.45, 2.75) is 78.7 Å². The molecule has 1 aromatic rings. The Morgan fingerprint density at radius 2 is 1.85 bits per heavy atom. The van der Waals surface area contributed by atoms with Gasteiger partial charge in [0.2, 0.25) is 0 Å². The number of dihydropyridines is 1. The van der Waals surface area contributed by atoms with Crippen LogP contribution in [0.2, 0.25) is 0 Å². The Bertz CT molecular complexity index is 1280. The van der Waals surface area contributed by atoms with Crippen molar-refractivity contribution in [3.63, 3.8) is 0 Å². The number of non-ortho nitro benzene ring substituents is 1. The number of benzene rings is 1. The average Bonchev–Trinajstić information content (AvgIpc) is 2.85. The number of nitro benzene ring substituents is 1. The van der Waals surface area contributed by atoms with Crippen LogP contribution in [0.25, 0.3) is 0 Å². The van der Waals surface area contributed by atoms with Gasteiger partial charge in [-0.1, -0.05) is 26.0 Å². The van der Waals surface area contributed by atoms with Gasteiger partial charge in [-0.15, -0.1) is 0 Å². The number of Topliss-reactive ketones (excluding diaryl/α,β-unsaturated/α-hetero) is 1. The van der Waals surface area contributed by atoms with Crippen molar-refractivity contribution in [3.05, 3.63) is 62.5 Å². The lowest BCUT2D eigenvalue weighted by Gasteiger charge is -2.39. The Morgan fingerprint density at radius 3 is 2.48 bits per heavy atom. The molecule has 216 valence electrons. The number of piperidine rings is 1. The van der Waals surface area contributed by atoms with Gasteiger partial charge in [-0.3, -0.25) is 14.9 Å². The van der Waals surface area contributed by atoms with Crippen molar-refractivity contribution < 1.29 is 28.8 Å². The normalized spacial score (nSPS) is 21.5. The number of hydrogen-bond acceptors (Lipinski definition) is 8. The largest absolute Gasteiger partial charge is 0.462 e. The van der Waals surface area contributed by atoms with Crippen LogP contribution in [-0.2, 0) is 19.1 Å². The van der Waals surface area contributed by atoms with Crippen LogP contribution in [0.3, 0.4) is 0 Å². The maximum absolute atomic E-state index is 13.6. The number of carbonyl (C=O) groups excluding carboxylic acids is 3. The molecule has 0 aromatic heterocycles. The van der Waals surface area contributed by atoms with Gasteiger partial charge in [-0.25, -0.2) is 9.59 Å². The number of hydrogen-bond donors (Lipinski definition) is 1. The number of carbonyl (C=O) groups is 3. The summed E-state index contributed by atoms with van der Waals surface area (Å²) in [5, 5.41) is 14.8. The summed E-state index contributed by atoms with van der Waals surface area (Å²) >= 11 is 0. The SMILES string of the molecule is CC1=C(C(=O)OCC2CCN(C(=O)OC(C)(C)C)CC2)C(c2cccc([N+](=O)[O-])c2)C2=C(CC(C)(C)CC2=O)N1. The molecular weight excluding hydrogens is 514 g/mol. The molecular formula is C30H39N3O7. The average molecular weight is 554 g/mol. The number of ether oxygens (including phenoxy) is 2. The lowest BCUT2D eigenvalue weighted by atomic mass is 9.68. The molecule has 1 aromatic carbocycles. The molecule has 2 heterocycles. The van der Waals surface area contributed by atoms with Crippen LogP contribution < -0.4 is 5.32 Å². The van der Waals surface area contributed by atoms with E-state index in [0.29, 0.717) is 61.2 Å². The summed E-state index contributed by atoms with van der Waals surface area (Å²) in [6.45, 7) is 12.5. The summed E-state index contributed by atoms with van der Waals surface area (Å²) < 4.78 is 11.3. The van der Waals surface area contributed by atoms with Gasteiger partial charge in [-0.05, 0) is 63.9 Å². The molecule has 1 aliphatic carbocycles. The van der Waals surface area contributed by atoms with Crippen molar-refractivity contribution in [2.75, 3.05) is 19.7 Å². The standard InChI is InChI=1S/C30H39N3O7/c1-18-24(27(35)39-17-19-10-12-32(13-11-19)28(36)40-29(2,3)4)25(20-8-7-9-21(14-20)33(37)38)26-22(31-18)15-30(5,6)16-23(26)34/h7-9,14,19,25,31H,10-13,15-17H2,1-6H3. The summed E-state index contributed by atoms with van der Waals surface area (Å²) in [5.41, 5.74) is 1.68. The van der Waals surface area contributed by atoms with E-state index < -0.39 is 22.4 Å². The van der Waals surface area contributed by atoms with Crippen LogP contribution in [0.15, 0.2) is 46.8 Å². The third-order valence-electron chi connectivity index (χ3n) is 7.59. The molecule has 10 nitrogen and oxygen atoms in total. The predicted octanol–water partition coefficient (Wildman–Crippen LogP) is 5.39. The topological polar surface area (TPSA) is 128 Å². The number of amides is 1. The second-order valence-corrected chi connectivity index (χ2v) is 12.8. The van der Waals surface area contributed by atoms with E-state index in [9.17, 15) is 24.5 Å². The molecule has 1 fully saturated rings. The summed E-state index contributed by atoms with van der Waals surface area (Å²) in [6.07, 6.45) is 1.92. The van der Waals surface area contributed by atoms with E-state index in [1.807, 2.05) is 34.6 Å². The summed E-state index contributed by atoms with van der Waals surface area (Å²) in [7, 11) is 0. The number of allylic oxidation sites excluding steroid dienone is 3. The first-order valence-corrected chi connectivity index (χ1v) is 13.8. The molecule has 1 saturated heterocycles. The van der Waals surface area contributed by atoms with E-state index in [-0.39, 0.29) is 35.5 Å². The summed E-state index contributed by atoms with van der Waals surface area (Å²) in [5.74, 6) is -1.33. The van der Waals surface area contributed by atoms with Gasteiger partial charge >= 0.3 is 12.1 Å². The zero-order valence-electron chi connectivity index (χ0n) is 24.2. The molecule has 1 unspecified atom stereocenters. The highest BCUT2D eigenvalue weighted by Crippen LogP contribution is 2.47. The third kappa shape index (κ3) is 6.54. The highest BCUT2D eigenvalue weighted by Gasteiger charge is 2.43. The van der Waals surface area contributed by atoms with E-state index in [4.69, 9.17) is 9.47 Å². The fraction of sp³-hybridized carbons (Fsp3) is 0.567. The molecule has 1 N–H and O–H groups in total. The molecule has 40 heavy (non-hydrogen) atoms. The van der Waals surface area contributed by atoms with E-state index in [1.54, 1.807) is 24.0 Å². The van der Waals surface area contributed by atoms with Gasteiger partial charge in [0.05, 0.1) is 17.1 Å². The van der Waals surface area contributed by atoms with Gasteiger partial charge in [0.15, 0.2) is 5.78 Å². The van der Waals surface area contributed by atoms with Gasteiger partial charge in [-0.2, -0.15) is 0 Å². The van der Waals surface area contributed by atoms with Gasteiger partial charge in [0.25, 0.3) is 5.69 Å². The maximum atomic E-state index is 13.6. The minimum atomic E-state index is -0.763. The molecule has 2 aliphatic heterocycles. The Kier molecular flexibility index (Phi) is 8.10. The molecule has 10 heteroatoms. The van der Waals surface area contributed by atoms with Crippen LogP contribution in [-0.4, -0.2) is 53.0 Å². The highest BCUT2D eigenvalue weighted by molar-refractivity contribution is 6.04. The number of nitro groups is 1. The number of nitrogens with zero attached hydrogens (tertiary/aromatic N) is 2. The van der Waals surface area contributed by atoms with Crippen LogP contribution in [0.1, 0.15) is 78.7 Å². The third-order valence-corrected chi connectivity index (χ3v) is 7.59. The Morgan fingerprint density at radius 1 is 1.18 bits per heavy atom. The molecule has 1 atom stereocenters. The molecule has 0 radical (unpaired) electrons. The zero-order chi connectivity index (χ0) is 29.4. The summed E-state index contributed by atoms with van der Waals surface area (Å²) in [6, 6.07) is 6.11. The van der Waals surface area contributed by atoms with E-state index in [0.717, 1.165) is 5.70 Å². The fourth-order valence-electron chi connectivity index (χ4n) is 5.74. The maximum Gasteiger partial charge on any atom is 0.410 e. The minimum absolute atomic E-state index is 0.0724. The van der Waals surface area contributed by atoms with Gasteiger partial charge in [0.1, 0.15) is 5.60 Å². The van der Waals surface area contributed by atoms with E-state index in [1.165, 1.54) is 12.1 Å². The van der Waals surface area contributed by atoms with Crippen LogP contribution >= 0.6 is 0 Å². The van der Waals surface area contributed by atoms with E-state index in [2.05, 4.69) is 5.32 Å². The second kappa shape index (κ2) is 11.1. The monoisotopic (exact) mass is 553 g/mol. The number of esters is 1. The van der Waals surface area contributed by atoms with E-state index >= 15 is 0 Å². The lowest BCUT2D eigenvalue weighted by Crippen LogP contribution is -2.42. The lowest BCUT2D eigenvalue weighted by molar-refractivity contribution is -0.384. The Hall–Kier alpha value is -3.69. The van der Waals surface area contributed by atoms with Crippen molar-refractivity contribution in [2.24, 2.45) is 11.3 Å². The van der Waals surface area contributed by atoms with Gasteiger partial charge in [0, 0.05) is 54.5 Å². The number of likely N-dealkylation sites (tertiary alicyclic amines) is 1. The first-order chi connectivity index (χ1) is 18.6. The van der Waals surface area contributed by atoms with Crippen molar-refractivity contribution >= 4 is 23.5 Å². The molecule has 0 spiro atoms. The van der Waals surface area contributed by atoms with Crippen molar-refractivity contribution in [1.82, 2.24) is 10.2 Å². The molecule has 0 saturated carbocycles. The summed E-state index contributed by atoms with van der Waals surface area (Å²) in [4.78, 5) is 52.2. The quantitative estimate of drug-likeness (QED) is 0.292. The molecule has 3 aliphatic rings. The minimum Gasteiger partial charge on any atom is -0.462 e. The Labute approximate surface area is 234 Å². The molecule has 1 amide bonds. The Balaban J connectivity index is 1.53. The van der Waals surface area contributed by atoms with Gasteiger partial charge < -0.3 is 19.7 Å². The number of ketones is 1. The van der Waals surface area contributed by atoms with Crippen molar-refractivity contribution in [3.8, 4) is 0 Å². The van der Waals surface area contributed by atoms with Crippen LogP contribution in [0, 0.1) is 21.4 Å².